The van der Waals surface area contributed by atoms with Gasteiger partial charge in [-0.25, -0.2) is 4.68 Å². The molecule has 0 unspecified atom stereocenters. The van der Waals surface area contributed by atoms with Crippen molar-refractivity contribution in [3.63, 3.8) is 0 Å². The first-order valence-electron chi connectivity index (χ1n) is 8.52. The topological polar surface area (TPSA) is 54.2 Å². The summed E-state index contributed by atoms with van der Waals surface area (Å²) in [5.41, 5.74) is 3.47. The predicted octanol–water partition coefficient (Wildman–Crippen LogP) is 4.05. The molecule has 0 saturated heterocycles. The maximum Gasteiger partial charge on any atom is 0.191 e. The van der Waals surface area contributed by atoms with E-state index in [9.17, 15) is 0 Å². The monoisotopic (exact) mass is 495 g/mol. The summed E-state index contributed by atoms with van der Waals surface area (Å²) in [6.07, 6.45) is 4.62. The normalized spacial score (nSPS) is 11.0. The molecule has 5 nitrogen and oxygen atoms in total. The van der Waals surface area contributed by atoms with Crippen LogP contribution in [0.25, 0.3) is 5.69 Å². The fraction of sp³-hybridized carbons (Fsp3) is 0.200. The minimum atomic E-state index is 0. The van der Waals surface area contributed by atoms with Crippen LogP contribution >= 0.6 is 35.6 Å². The van der Waals surface area contributed by atoms with Crippen LogP contribution < -0.4 is 10.6 Å². The molecular weight excluding hydrogens is 473 g/mol. The molecule has 7 heteroatoms. The van der Waals surface area contributed by atoms with Crippen LogP contribution in [-0.2, 0) is 13.0 Å². The second kappa shape index (κ2) is 10.9. The van der Waals surface area contributed by atoms with Crippen molar-refractivity contribution in [3.8, 4) is 5.69 Å². The molecule has 0 aliphatic carbocycles. The minimum Gasteiger partial charge on any atom is -0.356 e. The predicted molar refractivity (Wildman–Crippen MR) is 122 cm³/mol. The van der Waals surface area contributed by atoms with Gasteiger partial charge >= 0.3 is 0 Å². The average Bonchev–Trinajstić information content (AvgIpc) is 3.21. The van der Waals surface area contributed by atoms with Gasteiger partial charge in [0, 0.05) is 37.6 Å². The Morgan fingerprint density at radius 3 is 2.37 bits per heavy atom. The van der Waals surface area contributed by atoms with Gasteiger partial charge in [-0.1, -0.05) is 35.9 Å². The number of halogens is 2. The molecular formula is C20H23ClIN5. The van der Waals surface area contributed by atoms with Crippen LogP contribution in [0.3, 0.4) is 0 Å². The lowest BCUT2D eigenvalue weighted by Crippen LogP contribution is -2.37. The number of hydrogen-bond donors (Lipinski definition) is 2. The molecule has 0 amide bonds. The first-order chi connectivity index (χ1) is 12.7. The molecule has 0 spiro atoms. The standard InChI is InChI=1S/C20H22ClN5.HI/c1-22-20(23-13-11-16-3-7-18(21)8-4-16)24-15-17-5-9-19(10-6-17)26-14-2-12-25-26;/h2-10,12,14H,11,13,15H2,1H3,(H2,22,23,24);1H. The maximum absolute atomic E-state index is 5.91. The molecule has 2 aromatic carbocycles. The second-order valence-electron chi connectivity index (χ2n) is 5.85. The summed E-state index contributed by atoms with van der Waals surface area (Å²) in [5, 5.41) is 11.7. The highest BCUT2D eigenvalue weighted by atomic mass is 127. The number of benzene rings is 2. The summed E-state index contributed by atoms with van der Waals surface area (Å²) >= 11 is 5.91. The number of aliphatic imine (C=N–C) groups is 1. The zero-order valence-corrected chi connectivity index (χ0v) is 18.2. The highest BCUT2D eigenvalue weighted by molar-refractivity contribution is 14.0. The van der Waals surface area contributed by atoms with Crippen molar-refractivity contribution in [2.24, 2.45) is 4.99 Å². The van der Waals surface area contributed by atoms with E-state index in [2.05, 4.69) is 45.0 Å². The van der Waals surface area contributed by atoms with Gasteiger partial charge in [0.1, 0.15) is 0 Å². The number of aromatic nitrogens is 2. The molecule has 2 N–H and O–H groups in total. The zero-order valence-electron chi connectivity index (χ0n) is 15.1. The SMILES string of the molecule is CN=C(NCCc1ccc(Cl)cc1)NCc1ccc(-n2cccn2)cc1.I. The molecule has 0 bridgehead atoms. The number of hydrogen-bond acceptors (Lipinski definition) is 2. The molecule has 0 saturated carbocycles. The van der Waals surface area contributed by atoms with Gasteiger partial charge in [0.15, 0.2) is 5.96 Å². The molecule has 3 aromatic rings. The van der Waals surface area contributed by atoms with E-state index >= 15 is 0 Å². The molecule has 142 valence electrons. The number of nitrogens with zero attached hydrogens (tertiary/aromatic N) is 3. The summed E-state index contributed by atoms with van der Waals surface area (Å²) in [7, 11) is 1.78. The van der Waals surface area contributed by atoms with Gasteiger partial charge in [-0.2, -0.15) is 5.10 Å². The first-order valence-corrected chi connectivity index (χ1v) is 8.90. The summed E-state index contributed by atoms with van der Waals surface area (Å²) in [6, 6.07) is 18.1. The molecule has 1 aromatic heterocycles. The van der Waals surface area contributed by atoms with E-state index in [0.717, 1.165) is 29.6 Å². The van der Waals surface area contributed by atoms with Gasteiger partial charge < -0.3 is 10.6 Å². The Morgan fingerprint density at radius 1 is 1.04 bits per heavy atom. The summed E-state index contributed by atoms with van der Waals surface area (Å²) in [6.45, 7) is 1.51. The third-order valence-electron chi connectivity index (χ3n) is 4.01. The Balaban J connectivity index is 0.00000261. The van der Waals surface area contributed by atoms with Crippen molar-refractivity contribution in [1.82, 2.24) is 20.4 Å². The molecule has 0 radical (unpaired) electrons. The van der Waals surface area contributed by atoms with E-state index in [1.165, 1.54) is 11.1 Å². The van der Waals surface area contributed by atoms with Gasteiger partial charge in [-0.05, 0) is 47.9 Å². The van der Waals surface area contributed by atoms with Gasteiger partial charge in [0.05, 0.1) is 5.69 Å². The first kappa shape index (κ1) is 21.2. The molecule has 0 fully saturated rings. The lowest BCUT2D eigenvalue weighted by Gasteiger charge is -2.12. The minimum absolute atomic E-state index is 0. The Morgan fingerprint density at radius 2 is 1.74 bits per heavy atom. The van der Waals surface area contributed by atoms with Crippen LogP contribution in [-0.4, -0.2) is 29.3 Å². The fourth-order valence-corrected chi connectivity index (χ4v) is 2.70. The van der Waals surface area contributed by atoms with E-state index in [-0.39, 0.29) is 24.0 Å². The molecule has 3 rings (SSSR count). The van der Waals surface area contributed by atoms with Crippen molar-refractivity contribution in [2.75, 3.05) is 13.6 Å². The summed E-state index contributed by atoms with van der Waals surface area (Å²) in [4.78, 5) is 4.27. The van der Waals surface area contributed by atoms with Crippen LogP contribution in [0.1, 0.15) is 11.1 Å². The average molecular weight is 496 g/mol. The summed E-state index contributed by atoms with van der Waals surface area (Å²) < 4.78 is 1.84. The van der Waals surface area contributed by atoms with E-state index in [4.69, 9.17) is 11.6 Å². The van der Waals surface area contributed by atoms with Crippen LogP contribution in [0.5, 0.6) is 0 Å². The van der Waals surface area contributed by atoms with E-state index < -0.39 is 0 Å². The lowest BCUT2D eigenvalue weighted by molar-refractivity contribution is 0.794. The Hall–Kier alpha value is -2.06. The Kier molecular flexibility index (Phi) is 8.60. The number of nitrogens with one attached hydrogen (secondary N) is 2. The quantitative estimate of drug-likeness (QED) is 0.308. The van der Waals surface area contributed by atoms with Crippen LogP contribution in [0, 0.1) is 0 Å². The smallest absolute Gasteiger partial charge is 0.191 e. The van der Waals surface area contributed by atoms with Crippen molar-refractivity contribution in [3.05, 3.63) is 83.1 Å². The van der Waals surface area contributed by atoms with Crippen LogP contribution in [0.2, 0.25) is 5.02 Å². The lowest BCUT2D eigenvalue weighted by atomic mass is 10.1. The van der Waals surface area contributed by atoms with E-state index in [1.807, 2.05) is 41.2 Å². The third-order valence-corrected chi connectivity index (χ3v) is 4.26. The van der Waals surface area contributed by atoms with Crippen molar-refractivity contribution in [2.45, 2.75) is 13.0 Å². The number of rotatable bonds is 6. The maximum atomic E-state index is 5.91. The van der Waals surface area contributed by atoms with Gasteiger partial charge in [-0.3, -0.25) is 4.99 Å². The van der Waals surface area contributed by atoms with E-state index in [1.54, 1.807) is 13.2 Å². The fourth-order valence-electron chi connectivity index (χ4n) is 2.57. The van der Waals surface area contributed by atoms with Crippen molar-refractivity contribution >= 4 is 41.5 Å². The molecule has 0 aliphatic rings. The summed E-state index contributed by atoms with van der Waals surface area (Å²) in [5.74, 6) is 0.787. The van der Waals surface area contributed by atoms with Crippen molar-refractivity contribution in [1.29, 1.82) is 0 Å². The Bertz CT molecular complexity index is 830. The van der Waals surface area contributed by atoms with Gasteiger partial charge in [0.2, 0.25) is 0 Å². The van der Waals surface area contributed by atoms with Crippen LogP contribution in [0.15, 0.2) is 72.0 Å². The zero-order chi connectivity index (χ0) is 18.2. The van der Waals surface area contributed by atoms with Crippen molar-refractivity contribution < 1.29 is 0 Å². The van der Waals surface area contributed by atoms with Gasteiger partial charge in [-0.15, -0.1) is 24.0 Å². The second-order valence-corrected chi connectivity index (χ2v) is 6.28. The highest BCUT2D eigenvalue weighted by Gasteiger charge is 2.01. The molecule has 0 atom stereocenters. The van der Waals surface area contributed by atoms with Gasteiger partial charge in [0.25, 0.3) is 0 Å². The Labute approximate surface area is 181 Å². The molecule has 0 aliphatic heterocycles. The number of guanidine groups is 1. The molecule has 27 heavy (non-hydrogen) atoms. The third kappa shape index (κ3) is 6.55. The highest BCUT2D eigenvalue weighted by Crippen LogP contribution is 2.10. The molecule has 1 heterocycles. The van der Waals surface area contributed by atoms with Crippen LogP contribution in [0.4, 0.5) is 0 Å². The largest absolute Gasteiger partial charge is 0.356 e. The van der Waals surface area contributed by atoms with E-state index in [0.29, 0.717) is 6.54 Å².